The molecule has 4 heteroatoms. The maximum absolute atomic E-state index is 12.5. The van der Waals surface area contributed by atoms with Crippen LogP contribution in [0.25, 0.3) is 0 Å². The van der Waals surface area contributed by atoms with Crippen molar-refractivity contribution < 1.29 is 4.79 Å². The van der Waals surface area contributed by atoms with Crippen molar-refractivity contribution >= 4 is 24.0 Å². The van der Waals surface area contributed by atoms with Gasteiger partial charge < -0.3 is 11.1 Å². The van der Waals surface area contributed by atoms with Gasteiger partial charge in [0, 0.05) is 12.1 Å². The highest BCUT2D eigenvalue weighted by molar-refractivity contribution is 5.85. The van der Waals surface area contributed by atoms with Crippen LogP contribution in [0, 0.1) is 12.8 Å². The summed E-state index contributed by atoms with van der Waals surface area (Å²) in [5.41, 5.74) is 10.2. The van der Waals surface area contributed by atoms with Crippen LogP contribution in [0.3, 0.4) is 0 Å². The lowest BCUT2D eigenvalue weighted by Gasteiger charge is -2.23. The van der Waals surface area contributed by atoms with E-state index >= 15 is 0 Å². The van der Waals surface area contributed by atoms with Gasteiger partial charge in [-0.1, -0.05) is 56.3 Å². The third kappa shape index (κ3) is 6.43. The standard InChI is InChI=1S/C21H28N2O.ClH/c1-15(2)14-20(18-10-6-4-8-16(18)3)23-21(24)13-12-17-9-5-7-11-19(17)22;/h4-11,15,20H,12-14,22H2,1-3H3,(H,23,24);1H. The molecule has 0 heterocycles. The van der Waals surface area contributed by atoms with Crippen LogP contribution in [-0.4, -0.2) is 5.91 Å². The van der Waals surface area contributed by atoms with Gasteiger partial charge in [0.15, 0.2) is 0 Å². The molecule has 136 valence electrons. The molecule has 0 fully saturated rings. The Morgan fingerprint density at radius 1 is 1.08 bits per heavy atom. The van der Waals surface area contributed by atoms with E-state index in [-0.39, 0.29) is 24.4 Å². The highest BCUT2D eigenvalue weighted by Crippen LogP contribution is 2.24. The van der Waals surface area contributed by atoms with E-state index < -0.39 is 0 Å². The van der Waals surface area contributed by atoms with Crippen LogP contribution in [0.2, 0.25) is 0 Å². The zero-order valence-electron chi connectivity index (χ0n) is 15.3. The summed E-state index contributed by atoms with van der Waals surface area (Å²) in [4.78, 5) is 12.5. The average Bonchev–Trinajstić information content (AvgIpc) is 2.53. The second kappa shape index (κ2) is 10.1. The number of halogens is 1. The predicted molar refractivity (Wildman–Crippen MR) is 108 cm³/mol. The molecule has 3 N–H and O–H groups in total. The molecule has 0 radical (unpaired) electrons. The van der Waals surface area contributed by atoms with Crippen LogP contribution < -0.4 is 11.1 Å². The van der Waals surface area contributed by atoms with Crippen molar-refractivity contribution in [2.24, 2.45) is 5.92 Å². The zero-order valence-corrected chi connectivity index (χ0v) is 16.1. The highest BCUT2D eigenvalue weighted by Gasteiger charge is 2.17. The summed E-state index contributed by atoms with van der Waals surface area (Å²) in [7, 11) is 0. The molecule has 0 aromatic heterocycles. The maximum atomic E-state index is 12.5. The molecular formula is C21H29ClN2O. The van der Waals surface area contributed by atoms with E-state index in [9.17, 15) is 4.79 Å². The fourth-order valence-electron chi connectivity index (χ4n) is 2.99. The Balaban J connectivity index is 0.00000312. The molecule has 1 atom stereocenters. The fraction of sp³-hybridized carbons (Fsp3) is 0.381. The lowest BCUT2D eigenvalue weighted by atomic mass is 9.93. The number of nitrogens with two attached hydrogens (primary N) is 1. The van der Waals surface area contributed by atoms with Crippen LogP contribution in [0.4, 0.5) is 5.69 Å². The Morgan fingerprint density at radius 2 is 1.72 bits per heavy atom. The van der Waals surface area contributed by atoms with Crippen molar-refractivity contribution in [3.8, 4) is 0 Å². The Labute approximate surface area is 157 Å². The van der Waals surface area contributed by atoms with E-state index in [0.29, 0.717) is 18.8 Å². The number of nitrogens with one attached hydrogen (secondary N) is 1. The molecule has 0 saturated heterocycles. The van der Waals surface area contributed by atoms with Crippen molar-refractivity contribution in [3.63, 3.8) is 0 Å². The van der Waals surface area contributed by atoms with Crippen molar-refractivity contribution in [3.05, 3.63) is 65.2 Å². The minimum absolute atomic E-state index is 0. The number of carbonyl (C=O) groups excluding carboxylic acids is 1. The Kier molecular flexibility index (Phi) is 8.50. The monoisotopic (exact) mass is 360 g/mol. The first-order valence-corrected chi connectivity index (χ1v) is 8.65. The topological polar surface area (TPSA) is 55.1 Å². The van der Waals surface area contributed by atoms with Gasteiger partial charge >= 0.3 is 0 Å². The van der Waals surface area contributed by atoms with Crippen LogP contribution in [-0.2, 0) is 11.2 Å². The number of rotatable bonds is 7. The van der Waals surface area contributed by atoms with Crippen molar-refractivity contribution in [2.75, 3.05) is 5.73 Å². The summed E-state index contributed by atoms with van der Waals surface area (Å²) in [6.45, 7) is 6.46. The van der Waals surface area contributed by atoms with E-state index in [1.807, 2.05) is 36.4 Å². The largest absolute Gasteiger partial charge is 0.399 e. The highest BCUT2D eigenvalue weighted by atomic mass is 35.5. The predicted octanol–water partition coefficient (Wildman–Crippen LogP) is 4.84. The number of carbonyl (C=O) groups is 1. The normalized spacial score (nSPS) is 11.7. The molecule has 25 heavy (non-hydrogen) atoms. The summed E-state index contributed by atoms with van der Waals surface area (Å²) >= 11 is 0. The van der Waals surface area contributed by atoms with Crippen LogP contribution in [0.15, 0.2) is 48.5 Å². The SMILES string of the molecule is Cc1ccccc1C(CC(C)C)NC(=O)CCc1ccccc1N.Cl. The van der Waals surface area contributed by atoms with E-state index in [2.05, 4.69) is 38.2 Å². The van der Waals surface area contributed by atoms with Crippen molar-refractivity contribution in [1.29, 1.82) is 0 Å². The van der Waals surface area contributed by atoms with Gasteiger partial charge in [-0.25, -0.2) is 0 Å². The van der Waals surface area contributed by atoms with E-state index in [0.717, 1.165) is 17.7 Å². The molecule has 0 aliphatic rings. The number of benzene rings is 2. The third-order valence-corrected chi connectivity index (χ3v) is 4.28. The molecule has 2 aromatic rings. The summed E-state index contributed by atoms with van der Waals surface area (Å²) < 4.78 is 0. The molecular weight excluding hydrogens is 332 g/mol. The summed E-state index contributed by atoms with van der Waals surface area (Å²) in [5, 5.41) is 3.22. The summed E-state index contributed by atoms with van der Waals surface area (Å²) in [6, 6.07) is 16.1. The van der Waals surface area contributed by atoms with Gasteiger partial charge in [-0.05, 0) is 48.4 Å². The van der Waals surface area contributed by atoms with Gasteiger partial charge in [0.2, 0.25) is 5.91 Å². The van der Waals surface area contributed by atoms with E-state index in [1.165, 1.54) is 11.1 Å². The number of para-hydroxylation sites is 1. The number of nitrogen functional groups attached to an aromatic ring is 1. The van der Waals surface area contributed by atoms with Crippen LogP contribution in [0.1, 0.15) is 49.4 Å². The summed E-state index contributed by atoms with van der Waals surface area (Å²) in [6.07, 6.45) is 2.05. The molecule has 0 aliphatic heterocycles. The first-order chi connectivity index (χ1) is 11.5. The lowest BCUT2D eigenvalue weighted by Crippen LogP contribution is -2.30. The van der Waals surface area contributed by atoms with Crippen LogP contribution in [0.5, 0.6) is 0 Å². The van der Waals surface area contributed by atoms with Crippen molar-refractivity contribution in [2.45, 2.75) is 46.1 Å². The smallest absolute Gasteiger partial charge is 0.220 e. The van der Waals surface area contributed by atoms with Crippen molar-refractivity contribution in [1.82, 2.24) is 5.32 Å². The maximum Gasteiger partial charge on any atom is 0.220 e. The van der Waals surface area contributed by atoms with Gasteiger partial charge in [0.25, 0.3) is 0 Å². The van der Waals surface area contributed by atoms with Gasteiger partial charge in [0.05, 0.1) is 6.04 Å². The summed E-state index contributed by atoms with van der Waals surface area (Å²) in [5.74, 6) is 0.590. The molecule has 2 aromatic carbocycles. The number of hydrogen-bond acceptors (Lipinski definition) is 2. The molecule has 2 rings (SSSR count). The second-order valence-electron chi connectivity index (χ2n) is 6.81. The van der Waals surface area contributed by atoms with Crippen LogP contribution >= 0.6 is 12.4 Å². The van der Waals surface area contributed by atoms with Gasteiger partial charge in [-0.3, -0.25) is 4.79 Å². The minimum atomic E-state index is 0. The molecule has 0 bridgehead atoms. The molecule has 0 aliphatic carbocycles. The molecule has 1 amide bonds. The minimum Gasteiger partial charge on any atom is -0.399 e. The molecule has 1 unspecified atom stereocenters. The Bertz CT molecular complexity index is 685. The number of anilines is 1. The molecule has 3 nitrogen and oxygen atoms in total. The molecule has 0 saturated carbocycles. The third-order valence-electron chi connectivity index (χ3n) is 4.28. The van der Waals surface area contributed by atoms with Gasteiger partial charge in [-0.15, -0.1) is 12.4 Å². The fourth-order valence-corrected chi connectivity index (χ4v) is 2.99. The van der Waals surface area contributed by atoms with E-state index in [4.69, 9.17) is 5.73 Å². The molecule has 0 spiro atoms. The van der Waals surface area contributed by atoms with Gasteiger partial charge in [0.1, 0.15) is 0 Å². The Hall–Kier alpha value is -2.00. The quantitative estimate of drug-likeness (QED) is 0.694. The Morgan fingerprint density at radius 3 is 2.36 bits per heavy atom. The number of amides is 1. The van der Waals surface area contributed by atoms with Gasteiger partial charge in [-0.2, -0.15) is 0 Å². The first-order valence-electron chi connectivity index (χ1n) is 8.65. The number of aryl methyl sites for hydroxylation is 2. The lowest BCUT2D eigenvalue weighted by molar-refractivity contribution is -0.121. The average molecular weight is 361 g/mol. The van der Waals surface area contributed by atoms with E-state index in [1.54, 1.807) is 0 Å². The number of hydrogen-bond donors (Lipinski definition) is 2. The zero-order chi connectivity index (χ0) is 17.5. The second-order valence-corrected chi connectivity index (χ2v) is 6.81. The first kappa shape index (κ1) is 21.0.